The van der Waals surface area contributed by atoms with Crippen LogP contribution in [0.1, 0.15) is 38.9 Å². The van der Waals surface area contributed by atoms with Gasteiger partial charge in [-0.15, -0.1) is 0 Å². The number of halogens is 1. The van der Waals surface area contributed by atoms with Crippen molar-refractivity contribution in [2.24, 2.45) is 0 Å². The first-order valence-corrected chi connectivity index (χ1v) is 5.73. The molecule has 1 aromatic rings. The summed E-state index contributed by atoms with van der Waals surface area (Å²) in [7, 11) is 0. The zero-order valence-electron chi connectivity index (χ0n) is 9.50. The van der Waals surface area contributed by atoms with E-state index < -0.39 is 0 Å². The van der Waals surface area contributed by atoms with Gasteiger partial charge in [-0.2, -0.15) is 0 Å². The van der Waals surface area contributed by atoms with Crippen LogP contribution in [0.25, 0.3) is 0 Å². The lowest BCUT2D eigenvalue weighted by Crippen LogP contribution is -2.32. The van der Waals surface area contributed by atoms with E-state index in [4.69, 9.17) is 11.6 Å². The zero-order valence-corrected chi connectivity index (χ0v) is 10.3. The Morgan fingerprint density at radius 2 is 1.93 bits per heavy atom. The van der Waals surface area contributed by atoms with E-state index in [9.17, 15) is 0 Å². The van der Waals surface area contributed by atoms with Gasteiger partial charge in [-0.1, -0.05) is 25.4 Å². The lowest BCUT2D eigenvalue weighted by molar-refractivity contribution is 0.466. The normalized spacial score (nSPS) is 14.9. The van der Waals surface area contributed by atoms with Crippen molar-refractivity contribution in [3.8, 4) is 0 Å². The molecule has 2 unspecified atom stereocenters. The van der Waals surface area contributed by atoms with Crippen LogP contribution < -0.4 is 5.32 Å². The molecule has 1 N–H and O–H groups in total. The highest BCUT2D eigenvalue weighted by molar-refractivity contribution is 6.30. The summed E-state index contributed by atoms with van der Waals surface area (Å²) in [4.78, 5) is 8.45. The maximum absolute atomic E-state index is 5.74. The van der Waals surface area contributed by atoms with Gasteiger partial charge in [0.05, 0.1) is 5.02 Å². The summed E-state index contributed by atoms with van der Waals surface area (Å²) >= 11 is 5.74. The molecule has 4 heteroatoms. The second-order valence-corrected chi connectivity index (χ2v) is 4.23. The molecule has 2 atom stereocenters. The highest BCUT2D eigenvalue weighted by atomic mass is 35.5. The molecule has 0 saturated carbocycles. The molecule has 0 fully saturated rings. The molecular formula is C11H18ClN3. The molecule has 0 radical (unpaired) electrons. The minimum Gasteiger partial charge on any atom is -0.314 e. The molecule has 0 aliphatic carbocycles. The fourth-order valence-corrected chi connectivity index (χ4v) is 1.43. The summed E-state index contributed by atoms with van der Waals surface area (Å²) in [6.07, 6.45) is 4.43. The average Bonchev–Trinajstić information content (AvgIpc) is 2.26. The SMILES string of the molecule is CCCNC(C)C(C)c1ncc(Cl)cn1. The number of aromatic nitrogens is 2. The number of hydrogen-bond donors (Lipinski definition) is 1. The van der Waals surface area contributed by atoms with E-state index in [1.165, 1.54) is 0 Å². The number of nitrogens with one attached hydrogen (secondary N) is 1. The quantitative estimate of drug-likeness (QED) is 0.841. The van der Waals surface area contributed by atoms with Crippen molar-refractivity contribution >= 4 is 11.6 Å². The Hall–Kier alpha value is -0.670. The maximum Gasteiger partial charge on any atom is 0.132 e. The molecule has 1 rings (SSSR count). The third-order valence-electron chi connectivity index (χ3n) is 2.51. The molecule has 1 aromatic heterocycles. The van der Waals surface area contributed by atoms with Gasteiger partial charge in [0.15, 0.2) is 0 Å². The van der Waals surface area contributed by atoms with Crippen LogP contribution >= 0.6 is 11.6 Å². The molecule has 0 spiro atoms. The van der Waals surface area contributed by atoms with E-state index >= 15 is 0 Å². The highest BCUT2D eigenvalue weighted by Crippen LogP contribution is 2.15. The zero-order chi connectivity index (χ0) is 11.3. The van der Waals surface area contributed by atoms with Crippen molar-refractivity contribution in [2.45, 2.75) is 39.2 Å². The first kappa shape index (κ1) is 12.4. The van der Waals surface area contributed by atoms with Crippen molar-refractivity contribution in [1.82, 2.24) is 15.3 Å². The first-order valence-electron chi connectivity index (χ1n) is 5.36. The summed E-state index contributed by atoms with van der Waals surface area (Å²) in [5.41, 5.74) is 0. The predicted molar refractivity (Wildman–Crippen MR) is 63.2 cm³/mol. The lowest BCUT2D eigenvalue weighted by atomic mass is 10.0. The summed E-state index contributed by atoms with van der Waals surface area (Å²) < 4.78 is 0. The standard InChI is InChI=1S/C11H18ClN3/c1-4-5-13-9(3)8(2)11-14-6-10(12)7-15-11/h6-9,13H,4-5H2,1-3H3. The van der Waals surface area contributed by atoms with E-state index in [2.05, 4.69) is 36.1 Å². The monoisotopic (exact) mass is 227 g/mol. The molecule has 15 heavy (non-hydrogen) atoms. The van der Waals surface area contributed by atoms with Crippen molar-refractivity contribution in [2.75, 3.05) is 6.54 Å². The molecule has 0 saturated heterocycles. The van der Waals surface area contributed by atoms with Crippen molar-refractivity contribution in [1.29, 1.82) is 0 Å². The Labute approximate surface area is 96.3 Å². The Morgan fingerprint density at radius 3 is 2.47 bits per heavy atom. The summed E-state index contributed by atoms with van der Waals surface area (Å²) in [5.74, 6) is 1.14. The highest BCUT2D eigenvalue weighted by Gasteiger charge is 2.15. The Bertz CT molecular complexity index is 286. The third-order valence-corrected chi connectivity index (χ3v) is 2.71. The van der Waals surface area contributed by atoms with Gasteiger partial charge in [0.2, 0.25) is 0 Å². The fraction of sp³-hybridized carbons (Fsp3) is 0.636. The Kier molecular flexibility index (Phi) is 4.99. The van der Waals surface area contributed by atoms with Gasteiger partial charge in [-0.05, 0) is 19.9 Å². The summed E-state index contributed by atoms with van der Waals surface area (Å²) in [5, 5.41) is 4.02. The van der Waals surface area contributed by atoms with Crippen LogP contribution in [0, 0.1) is 0 Å². The molecule has 3 nitrogen and oxygen atoms in total. The van der Waals surface area contributed by atoms with Gasteiger partial charge in [-0.3, -0.25) is 0 Å². The van der Waals surface area contributed by atoms with Gasteiger partial charge in [-0.25, -0.2) is 9.97 Å². The third kappa shape index (κ3) is 3.76. The van der Waals surface area contributed by atoms with Crippen molar-refractivity contribution in [3.63, 3.8) is 0 Å². The van der Waals surface area contributed by atoms with Crippen molar-refractivity contribution < 1.29 is 0 Å². The minimum atomic E-state index is 0.300. The van der Waals surface area contributed by atoms with Crippen LogP contribution in [-0.4, -0.2) is 22.6 Å². The van der Waals surface area contributed by atoms with Crippen molar-refractivity contribution in [3.05, 3.63) is 23.2 Å². The smallest absolute Gasteiger partial charge is 0.132 e. The molecule has 0 aliphatic heterocycles. The molecule has 0 amide bonds. The summed E-state index contributed by atoms with van der Waals surface area (Å²) in [6, 6.07) is 0.381. The maximum atomic E-state index is 5.74. The van der Waals surface area contributed by atoms with Gasteiger partial charge in [0.1, 0.15) is 5.82 Å². The first-order chi connectivity index (χ1) is 7.15. The van der Waals surface area contributed by atoms with Crippen LogP contribution in [0.15, 0.2) is 12.4 Å². The van der Waals surface area contributed by atoms with E-state index in [0.717, 1.165) is 18.8 Å². The van der Waals surface area contributed by atoms with Gasteiger partial charge >= 0.3 is 0 Å². The van der Waals surface area contributed by atoms with E-state index in [-0.39, 0.29) is 0 Å². The predicted octanol–water partition coefficient (Wildman–Crippen LogP) is 2.62. The number of rotatable bonds is 5. The van der Waals surface area contributed by atoms with Crippen LogP contribution in [0.3, 0.4) is 0 Å². The largest absolute Gasteiger partial charge is 0.314 e. The van der Waals surface area contributed by atoms with E-state index in [0.29, 0.717) is 17.0 Å². The van der Waals surface area contributed by atoms with E-state index in [1.54, 1.807) is 12.4 Å². The van der Waals surface area contributed by atoms with Crippen LogP contribution in [0.4, 0.5) is 0 Å². The second kappa shape index (κ2) is 6.03. The van der Waals surface area contributed by atoms with Gasteiger partial charge < -0.3 is 5.32 Å². The lowest BCUT2D eigenvalue weighted by Gasteiger charge is -2.19. The summed E-state index contributed by atoms with van der Waals surface area (Å²) in [6.45, 7) is 7.46. The number of nitrogens with zero attached hydrogens (tertiary/aromatic N) is 2. The molecule has 0 aliphatic rings. The molecule has 84 valence electrons. The van der Waals surface area contributed by atoms with Crippen LogP contribution in [-0.2, 0) is 0 Å². The Balaban J connectivity index is 2.59. The van der Waals surface area contributed by atoms with Crippen LogP contribution in [0.5, 0.6) is 0 Å². The van der Waals surface area contributed by atoms with Gasteiger partial charge in [0, 0.05) is 24.4 Å². The topological polar surface area (TPSA) is 37.8 Å². The average molecular weight is 228 g/mol. The van der Waals surface area contributed by atoms with E-state index in [1.807, 2.05) is 0 Å². The number of hydrogen-bond acceptors (Lipinski definition) is 3. The van der Waals surface area contributed by atoms with Gasteiger partial charge in [0.25, 0.3) is 0 Å². The molecular weight excluding hydrogens is 210 g/mol. The fourth-order valence-electron chi connectivity index (χ4n) is 1.33. The van der Waals surface area contributed by atoms with Crippen LogP contribution in [0.2, 0.25) is 5.02 Å². The molecule has 1 heterocycles. The minimum absolute atomic E-state index is 0.300. The molecule has 0 aromatic carbocycles. The second-order valence-electron chi connectivity index (χ2n) is 3.79. The Morgan fingerprint density at radius 1 is 1.33 bits per heavy atom. The molecule has 0 bridgehead atoms.